The lowest BCUT2D eigenvalue weighted by molar-refractivity contribution is -0.137. The summed E-state index contributed by atoms with van der Waals surface area (Å²) in [6.45, 7) is 1.66. The molecule has 0 atom stereocenters. The Hall–Kier alpha value is -2.12. The van der Waals surface area contributed by atoms with Crippen LogP contribution in [0.5, 0.6) is 0 Å². The van der Waals surface area contributed by atoms with Gasteiger partial charge in [0.2, 0.25) is 11.8 Å². The lowest BCUT2D eigenvalue weighted by Crippen LogP contribution is -2.26. The lowest BCUT2D eigenvalue weighted by Gasteiger charge is -2.17. The maximum Gasteiger partial charge on any atom is 0.304 e. The van der Waals surface area contributed by atoms with Crippen LogP contribution >= 0.6 is 12.4 Å². The summed E-state index contributed by atoms with van der Waals surface area (Å²) in [6, 6.07) is 7.23. The van der Waals surface area contributed by atoms with E-state index in [2.05, 4.69) is 5.32 Å². The van der Waals surface area contributed by atoms with Crippen LogP contribution in [0.1, 0.15) is 25.7 Å². The molecule has 25 heavy (non-hydrogen) atoms. The number of amides is 2. The minimum absolute atomic E-state index is 0. The summed E-state index contributed by atoms with van der Waals surface area (Å²) < 4.78 is 0. The van der Waals surface area contributed by atoms with E-state index in [1.165, 1.54) is 0 Å². The Kier molecular flexibility index (Phi) is 8.37. The number of rotatable bonds is 8. The maximum atomic E-state index is 11.9. The molecule has 138 valence electrons. The van der Waals surface area contributed by atoms with Crippen LogP contribution in [0.15, 0.2) is 24.3 Å². The van der Waals surface area contributed by atoms with Crippen molar-refractivity contribution in [3.8, 4) is 0 Å². The second-order valence-corrected chi connectivity index (χ2v) is 5.94. The Labute approximate surface area is 153 Å². The Balaban J connectivity index is 0.00000312. The fraction of sp³-hybridized carbons (Fsp3) is 0.471. The Morgan fingerprint density at radius 2 is 1.84 bits per heavy atom. The highest BCUT2D eigenvalue weighted by Gasteiger charge is 2.21. The molecule has 0 spiro atoms. The first-order valence-electron chi connectivity index (χ1n) is 8.06. The van der Waals surface area contributed by atoms with E-state index in [0.29, 0.717) is 31.6 Å². The number of hydrogen-bond acceptors (Lipinski definition) is 4. The number of halogens is 1. The number of carboxylic acids is 1. The van der Waals surface area contributed by atoms with Gasteiger partial charge in [-0.25, -0.2) is 0 Å². The second kappa shape index (κ2) is 10.0. The minimum atomic E-state index is -0.845. The van der Waals surface area contributed by atoms with Gasteiger partial charge in [-0.3, -0.25) is 14.4 Å². The molecule has 0 unspecified atom stereocenters. The molecule has 2 amide bonds. The van der Waals surface area contributed by atoms with Crippen molar-refractivity contribution in [2.75, 3.05) is 36.9 Å². The highest BCUT2D eigenvalue weighted by Crippen LogP contribution is 2.23. The summed E-state index contributed by atoms with van der Waals surface area (Å²) in [4.78, 5) is 37.7. The van der Waals surface area contributed by atoms with Crippen molar-refractivity contribution in [3.63, 3.8) is 0 Å². The SMILES string of the molecule is CN(CCC(=O)O)CCC(=O)Nc1ccc(N2CCCC2=O)cc1.Cl. The molecule has 1 aromatic carbocycles. The number of carbonyl (C=O) groups excluding carboxylic acids is 2. The summed E-state index contributed by atoms with van der Waals surface area (Å²) in [7, 11) is 1.79. The van der Waals surface area contributed by atoms with Crippen LogP contribution in [0.3, 0.4) is 0 Å². The van der Waals surface area contributed by atoms with E-state index in [1.54, 1.807) is 24.1 Å². The lowest BCUT2D eigenvalue weighted by atomic mass is 10.2. The molecular weight excluding hydrogens is 346 g/mol. The molecule has 0 radical (unpaired) electrons. The number of carbonyl (C=O) groups is 3. The van der Waals surface area contributed by atoms with Crippen LogP contribution < -0.4 is 10.2 Å². The third-order valence-electron chi connectivity index (χ3n) is 3.96. The fourth-order valence-corrected chi connectivity index (χ4v) is 2.56. The first-order valence-corrected chi connectivity index (χ1v) is 8.06. The van der Waals surface area contributed by atoms with Crippen molar-refractivity contribution in [3.05, 3.63) is 24.3 Å². The van der Waals surface area contributed by atoms with Gasteiger partial charge in [0.05, 0.1) is 6.42 Å². The van der Waals surface area contributed by atoms with Gasteiger partial charge in [0, 0.05) is 43.9 Å². The van der Waals surface area contributed by atoms with E-state index >= 15 is 0 Å². The highest BCUT2D eigenvalue weighted by molar-refractivity contribution is 5.96. The van der Waals surface area contributed by atoms with E-state index in [-0.39, 0.29) is 30.6 Å². The summed E-state index contributed by atoms with van der Waals surface area (Å²) in [5, 5.41) is 11.4. The molecule has 1 aliphatic rings. The van der Waals surface area contributed by atoms with Gasteiger partial charge in [0.1, 0.15) is 0 Å². The number of anilines is 2. The van der Waals surface area contributed by atoms with Gasteiger partial charge >= 0.3 is 5.97 Å². The van der Waals surface area contributed by atoms with Crippen LogP contribution in [-0.4, -0.2) is 54.5 Å². The largest absolute Gasteiger partial charge is 0.481 e. The van der Waals surface area contributed by atoms with Gasteiger partial charge in [-0.05, 0) is 37.7 Å². The van der Waals surface area contributed by atoms with Crippen molar-refractivity contribution >= 4 is 41.6 Å². The molecule has 0 bridgehead atoms. The number of carboxylic acid groups (broad SMARTS) is 1. The van der Waals surface area contributed by atoms with E-state index in [4.69, 9.17) is 5.11 Å². The van der Waals surface area contributed by atoms with Crippen LogP contribution in [0.4, 0.5) is 11.4 Å². The number of nitrogens with one attached hydrogen (secondary N) is 1. The molecule has 0 saturated carbocycles. The fourth-order valence-electron chi connectivity index (χ4n) is 2.56. The minimum Gasteiger partial charge on any atom is -0.481 e. The average Bonchev–Trinajstić information content (AvgIpc) is 2.98. The maximum absolute atomic E-state index is 11.9. The van der Waals surface area contributed by atoms with E-state index in [9.17, 15) is 14.4 Å². The molecule has 1 aliphatic heterocycles. The van der Waals surface area contributed by atoms with Gasteiger partial charge in [-0.15, -0.1) is 12.4 Å². The number of nitrogens with zero attached hydrogens (tertiary/aromatic N) is 2. The quantitative estimate of drug-likeness (QED) is 0.731. The van der Waals surface area contributed by atoms with Gasteiger partial charge in [0.15, 0.2) is 0 Å². The Morgan fingerprint density at radius 1 is 1.20 bits per heavy atom. The monoisotopic (exact) mass is 369 g/mol. The van der Waals surface area contributed by atoms with Crippen molar-refractivity contribution in [1.82, 2.24) is 4.90 Å². The zero-order valence-electron chi connectivity index (χ0n) is 14.2. The molecule has 0 aromatic heterocycles. The number of hydrogen-bond donors (Lipinski definition) is 2. The molecule has 1 fully saturated rings. The Morgan fingerprint density at radius 3 is 2.40 bits per heavy atom. The van der Waals surface area contributed by atoms with Crippen LogP contribution in [-0.2, 0) is 14.4 Å². The summed E-state index contributed by atoms with van der Waals surface area (Å²) in [5.41, 5.74) is 1.53. The first-order chi connectivity index (χ1) is 11.5. The topological polar surface area (TPSA) is 89.9 Å². The third kappa shape index (κ3) is 6.72. The molecular formula is C17H24ClN3O4. The molecule has 1 aromatic rings. The van der Waals surface area contributed by atoms with Gasteiger partial charge in [0.25, 0.3) is 0 Å². The molecule has 2 N–H and O–H groups in total. The molecule has 7 nitrogen and oxygen atoms in total. The van der Waals surface area contributed by atoms with Gasteiger partial charge in [-0.2, -0.15) is 0 Å². The third-order valence-corrected chi connectivity index (χ3v) is 3.96. The van der Waals surface area contributed by atoms with Crippen molar-refractivity contribution in [1.29, 1.82) is 0 Å². The predicted molar refractivity (Wildman–Crippen MR) is 98.3 cm³/mol. The molecule has 8 heteroatoms. The smallest absolute Gasteiger partial charge is 0.304 e. The number of aliphatic carboxylic acids is 1. The van der Waals surface area contributed by atoms with Crippen molar-refractivity contribution in [2.24, 2.45) is 0 Å². The standard InChI is InChI=1S/C17H23N3O4.ClH/c1-19(12-9-17(23)24)11-8-15(21)18-13-4-6-14(7-5-13)20-10-2-3-16(20)22;/h4-7H,2-3,8-12H2,1H3,(H,18,21)(H,23,24);1H. The van der Waals surface area contributed by atoms with Crippen LogP contribution in [0, 0.1) is 0 Å². The van der Waals surface area contributed by atoms with E-state index < -0.39 is 5.97 Å². The molecule has 0 aliphatic carbocycles. The molecule has 2 rings (SSSR count). The summed E-state index contributed by atoms with van der Waals surface area (Å²) in [5.74, 6) is -0.832. The zero-order chi connectivity index (χ0) is 17.5. The normalized spacial score (nSPS) is 13.7. The average molecular weight is 370 g/mol. The molecule has 1 heterocycles. The van der Waals surface area contributed by atoms with Crippen molar-refractivity contribution in [2.45, 2.75) is 25.7 Å². The van der Waals surface area contributed by atoms with Gasteiger partial charge in [-0.1, -0.05) is 0 Å². The van der Waals surface area contributed by atoms with Crippen molar-refractivity contribution < 1.29 is 19.5 Å². The molecule has 1 saturated heterocycles. The first kappa shape index (κ1) is 20.9. The number of benzene rings is 1. The van der Waals surface area contributed by atoms with E-state index in [1.807, 2.05) is 17.0 Å². The predicted octanol–water partition coefficient (Wildman–Crippen LogP) is 1.97. The van der Waals surface area contributed by atoms with Gasteiger partial charge < -0.3 is 20.2 Å². The zero-order valence-corrected chi connectivity index (χ0v) is 15.1. The second-order valence-electron chi connectivity index (χ2n) is 5.94. The highest BCUT2D eigenvalue weighted by atomic mass is 35.5. The summed E-state index contributed by atoms with van der Waals surface area (Å²) >= 11 is 0. The Bertz CT molecular complexity index is 606. The van der Waals surface area contributed by atoms with E-state index in [0.717, 1.165) is 18.7 Å². The van der Waals surface area contributed by atoms with Crippen LogP contribution in [0.2, 0.25) is 0 Å². The van der Waals surface area contributed by atoms with Crippen LogP contribution in [0.25, 0.3) is 0 Å². The summed E-state index contributed by atoms with van der Waals surface area (Å²) in [6.07, 6.45) is 1.83.